The van der Waals surface area contributed by atoms with Gasteiger partial charge >= 0.3 is 65.7 Å². The molecule has 0 fully saturated rings. The van der Waals surface area contributed by atoms with Gasteiger partial charge in [0.1, 0.15) is 54.4 Å². The van der Waals surface area contributed by atoms with Gasteiger partial charge in [-0.3, -0.25) is 63.6 Å². The minimum Gasteiger partial charge on any atom is -0.481 e. The molecule has 44 heteroatoms. The molecule has 0 aliphatic rings. The zero-order valence-corrected chi connectivity index (χ0v) is 50.2. The Bertz CT molecular complexity index is 1820. The molecule has 90 heavy (non-hydrogen) atoms. The van der Waals surface area contributed by atoms with Crippen molar-refractivity contribution < 1.29 is 124 Å². The molecule has 0 saturated heterocycles. The van der Waals surface area contributed by atoms with Crippen LogP contribution in [0, 0.1) is 10.8 Å². The summed E-state index contributed by atoms with van der Waals surface area (Å²) in [6.45, 7) is 2.82. The maximum Gasteiger partial charge on any atom is 0.323 e. The Hall–Kier alpha value is -7.93. The van der Waals surface area contributed by atoms with Crippen molar-refractivity contribution in [3.8, 4) is 0 Å². The molecule has 0 radical (unpaired) electrons. The maximum absolute atomic E-state index is 10.2. The van der Waals surface area contributed by atoms with Crippen LogP contribution in [-0.4, -0.2) is 262 Å². The summed E-state index contributed by atoms with van der Waals surface area (Å²) in [4.78, 5) is 109. The monoisotopic (exact) mass is 1320 g/mol. The fourth-order valence-electron chi connectivity index (χ4n) is 3.87. The smallest absolute Gasteiger partial charge is 0.323 e. The van der Waals surface area contributed by atoms with Crippen LogP contribution < -0.4 is 96.6 Å². The molecule has 534 valence electrons. The molecule has 0 bridgehead atoms. The number of carboxylic acids is 11. The molecule has 0 aliphatic heterocycles. The summed E-state index contributed by atoms with van der Waals surface area (Å²) in [6.07, 6.45) is 6.93. The SMILES string of the molecule is C[C@@H](O)[C@H](N)C(=O)O.N=C(N)NCCC[C@H](N)C(=O)O.N=C(N)NCCC[C@H](N)C(=O)O.NCC(=O)O.NCCCC[C@H](N)C(=O)O.NCCCC[C@H](N)C(=O)O.NCCCC[C@H](N)C(=O)O.N[C@@H](CC(=O)O)C(=O)O.N[C@@H](CO)C(=O)O.N[C@@H](CO)C(=O)O. The molecular formula is C46H105N19O25. The number of hydrogen-bond donors (Lipinski definition) is 33. The second-order valence-corrected chi connectivity index (χ2v) is 17.5. The van der Waals surface area contributed by atoms with Gasteiger partial charge in [0, 0.05) is 13.1 Å². The van der Waals surface area contributed by atoms with Gasteiger partial charge < -0.3 is 168 Å². The molecule has 0 aliphatic carbocycles. The topological polar surface area (TPSA) is 933 Å². The third-order valence-corrected chi connectivity index (χ3v) is 9.23. The summed E-state index contributed by atoms with van der Waals surface area (Å²) < 4.78 is 0. The van der Waals surface area contributed by atoms with Crippen LogP contribution in [0.2, 0.25) is 0 Å². The summed E-state index contributed by atoms with van der Waals surface area (Å²) >= 11 is 0. The Morgan fingerprint density at radius 3 is 0.667 bits per heavy atom. The van der Waals surface area contributed by atoms with E-state index in [1.807, 2.05) is 0 Å². The summed E-state index contributed by atoms with van der Waals surface area (Å²) in [7, 11) is 0. The lowest BCUT2D eigenvalue weighted by molar-refractivity contribution is -0.144. The summed E-state index contributed by atoms with van der Waals surface area (Å²) in [5.41, 5.74) is 75.5. The maximum atomic E-state index is 10.2. The van der Waals surface area contributed by atoms with Crippen LogP contribution in [0.25, 0.3) is 0 Å². The Labute approximate surface area is 518 Å². The third-order valence-electron chi connectivity index (χ3n) is 9.23. The lowest BCUT2D eigenvalue weighted by atomic mass is 10.1. The normalized spacial score (nSPS) is 12.9. The van der Waals surface area contributed by atoms with Gasteiger partial charge in [-0.2, -0.15) is 0 Å². The number of nitrogens with one attached hydrogen (secondary N) is 4. The zero-order chi connectivity index (χ0) is 73.2. The first-order chi connectivity index (χ1) is 41.3. The lowest BCUT2D eigenvalue weighted by Gasteiger charge is -2.06. The first-order valence-electron chi connectivity index (χ1n) is 26.5. The summed E-state index contributed by atoms with van der Waals surface area (Å²) in [5.74, 6) is -12.0. The lowest BCUT2D eigenvalue weighted by Crippen LogP contribution is -2.39. The summed E-state index contributed by atoms with van der Waals surface area (Å²) in [5, 5.41) is 132. The number of aliphatic hydroxyl groups excluding tert-OH is 3. The molecule has 0 aromatic rings. The number of rotatable bonds is 35. The van der Waals surface area contributed by atoms with Crippen LogP contribution in [0.15, 0.2) is 0 Å². The van der Waals surface area contributed by atoms with E-state index in [0.717, 1.165) is 38.5 Å². The van der Waals surface area contributed by atoms with Crippen molar-refractivity contribution in [2.24, 2.45) is 86.0 Å². The highest BCUT2D eigenvalue weighted by Gasteiger charge is 2.17. The van der Waals surface area contributed by atoms with Gasteiger partial charge in [-0.15, -0.1) is 0 Å². The van der Waals surface area contributed by atoms with E-state index >= 15 is 0 Å². The molecule has 0 aromatic heterocycles. The van der Waals surface area contributed by atoms with Crippen molar-refractivity contribution in [3.05, 3.63) is 0 Å². The number of guanidine groups is 2. The fraction of sp³-hybridized carbons (Fsp3) is 0.717. The first-order valence-corrected chi connectivity index (χ1v) is 26.5. The van der Waals surface area contributed by atoms with Gasteiger partial charge in [0.15, 0.2) is 11.9 Å². The van der Waals surface area contributed by atoms with Crippen LogP contribution in [0.1, 0.15) is 96.8 Å². The van der Waals surface area contributed by atoms with Crippen LogP contribution in [-0.2, 0) is 52.7 Å². The molecule has 0 heterocycles. The van der Waals surface area contributed by atoms with Crippen molar-refractivity contribution in [3.63, 3.8) is 0 Å². The van der Waals surface area contributed by atoms with Crippen LogP contribution in [0.5, 0.6) is 0 Å². The molecule has 0 saturated carbocycles. The Morgan fingerprint density at radius 1 is 0.356 bits per heavy atom. The zero-order valence-electron chi connectivity index (χ0n) is 50.2. The van der Waals surface area contributed by atoms with Gasteiger partial charge in [0.05, 0.1) is 32.3 Å². The van der Waals surface area contributed by atoms with Crippen molar-refractivity contribution >= 4 is 77.6 Å². The van der Waals surface area contributed by atoms with Crippen LogP contribution in [0.4, 0.5) is 0 Å². The number of unbranched alkanes of at least 4 members (excludes halogenated alkanes) is 3. The van der Waals surface area contributed by atoms with E-state index in [4.69, 9.17) is 163 Å². The molecule has 0 unspecified atom stereocenters. The highest BCUT2D eigenvalue weighted by Crippen LogP contribution is 1.99. The van der Waals surface area contributed by atoms with E-state index in [1.54, 1.807) is 0 Å². The van der Waals surface area contributed by atoms with Crippen molar-refractivity contribution in [1.82, 2.24) is 10.6 Å². The number of carbonyl (C=O) groups is 11. The van der Waals surface area contributed by atoms with E-state index in [0.29, 0.717) is 77.7 Å². The number of nitrogens with two attached hydrogens (primary N) is 15. The molecule has 48 N–H and O–H groups in total. The summed E-state index contributed by atoms with van der Waals surface area (Å²) in [6, 6.07) is -8.49. The number of aliphatic carboxylic acids is 11. The Kier molecular flexibility index (Phi) is 82.9. The van der Waals surface area contributed by atoms with Crippen LogP contribution in [0.3, 0.4) is 0 Å². The highest BCUT2D eigenvalue weighted by atomic mass is 16.4. The first kappa shape index (κ1) is 104. The second kappa shape index (κ2) is 71.8. The van der Waals surface area contributed by atoms with Gasteiger partial charge in [0.2, 0.25) is 0 Å². The minimum absolute atomic E-state index is 0.112. The Balaban J connectivity index is -0.0000000995. The standard InChI is InChI=1S/2C6H14N4O2.3C6H14N2O2.C4H7NO4.C4H9NO3.2C3H7NO3.C2H5NO2/c2*7-4(5(11)12)2-1-3-10-6(8)9;3*7-4-2-1-3-5(8)6(9)10;5-2(4(8)9)1-3(6)7;1-2(6)3(5)4(7)8;2*4-2(1-5)3(6)7;3-1-2(4)5/h2*4H,1-3,7H2,(H,11,12)(H4,8,9,10);3*5H,1-4,7-8H2,(H,9,10);2H,1,5H2,(H,6,7)(H,8,9);2-3,6H,5H2,1H3,(H,7,8);2*2,5H,1,4H2,(H,6,7);1,3H2,(H,4,5)/t2*4-;3*5-;2-;2-,3+;2*2-;/m000000100./s1. The number of aliphatic hydroxyl groups is 3. The minimum atomic E-state index is -1.29. The molecule has 0 aromatic carbocycles. The molecule has 44 nitrogen and oxygen atoms in total. The molecule has 10 atom stereocenters. The van der Waals surface area contributed by atoms with Crippen molar-refractivity contribution in [2.75, 3.05) is 52.5 Å². The average molecular weight is 1320 g/mol. The van der Waals surface area contributed by atoms with E-state index in [-0.39, 0.29) is 18.5 Å². The van der Waals surface area contributed by atoms with Crippen LogP contribution >= 0.6 is 0 Å². The molecular weight excluding hydrogens is 1220 g/mol. The van der Waals surface area contributed by atoms with E-state index in [9.17, 15) is 52.7 Å². The second-order valence-electron chi connectivity index (χ2n) is 17.5. The largest absolute Gasteiger partial charge is 0.481 e. The van der Waals surface area contributed by atoms with Crippen molar-refractivity contribution in [2.45, 2.75) is 157 Å². The molecule has 0 rings (SSSR count). The van der Waals surface area contributed by atoms with Gasteiger partial charge in [-0.05, 0) is 90.8 Å². The van der Waals surface area contributed by atoms with Gasteiger partial charge in [-0.1, -0.05) is 19.3 Å². The predicted octanol–water partition coefficient (Wildman–Crippen LogP) is -10.6. The third kappa shape index (κ3) is 99.1. The quantitative estimate of drug-likeness (QED) is 0.0159. The number of hydrogen-bond acceptors (Lipinski definition) is 29. The van der Waals surface area contributed by atoms with Gasteiger partial charge in [-0.25, -0.2) is 0 Å². The van der Waals surface area contributed by atoms with Gasteiger partial charge in [0.25, 0.3) is 0 Å². The number of carboxylic acid groups (broad SMARTS) is 11. The average Bonchev–Trinajstić information content (AvgIpc) is 3.56. The fourth-order valence-corrected chi connectivity index (χ4v) is 3.87. The molecule has 0 amide bonds. The van der Waals surface area contributed by atoms with E-state index in [2.05, 4.69) is 16.4 Å². The predicted molar refractivity (Wildman–Crippen MR) is 322 cm³/mol. The molecule has 0 spiro atoms. The van der Waals surface area contributed by atoms with E-state index in [1.165, 1.54) is 6.92 Å². The van der Waals surface area contributed by atoms with Crippen molar-refractivity contribution in [1.29, 1.82) is 10.8 Å². The van der Waals surface area contributed by atoms with E-state index < -0.39 is 146 Å². The Morgan fingerprint density at radius 2 is 0.567 bits per heavy atom. The highest BCUT2D eigenvalue weighted by molar-refractivity contribution is 5.80.